The van der Waals surface area contributed by atoms with Gasteiger partial charge in [0.1, 0.15) is 0 Å². The molecule has 0 radical (unpaired) electrons. The van der Waals surface area contributed by atoms with Crippen LogP contribution in [0.1, 0.15) is 13.8 Å². The highest BCUT2D eigenvalue weighted by atomic mass is 32.1. The molecular weight excluding hydrogens is 232 g/mol. The summed E-state index contributed by atoms with van der Waals surface area (Å²) in [6.45, 7) is 5.02. The van der Waals surface area contributed by atoms with E-state index < -0.39 is 6.17 Å². The van der Waals surface area contributed by atoms with E-state index in [0.29, 0.717) is 23.1 Å². The second-order valence-electron chi connectivity index (χ2n) is 3.32. The third-order valence-corrected chi connectivity index (χ3v) is 2.86. The van der Waals surface area contributed by atoms with Crippen LogP contribution in [0.3, 0.4) is 0 Å². The Morgan fingerprint density at radius 1 is 1.20 bits per heavy atom. The maximum absolute atomic E-state index is 11.6. The van der Waals surface area contributed by atoms with Gasteiger partial charge in [-0.05, 0) is 13.8 Å². The molecule has 0 spiro atoms. The Labute approximate surface area is 100 Å². The molecule has 1 aliphatic heterocycles. The lowest BCUT2D eigenvalue weighted by molar-refractivity contribution is -0.147. The zero-order valence-electron chi connectivity index (χ0n) is 9.02. The molecule has 15 heavy (non-hydrogen) atoms. The highest BCUT2D eigenvalue weighted by Gasteiger charge is 2.38. The second-order valence-corrected chi connectivity index (χ2v) is 4.50. The highest BCUT2D eigenvalue weighted by Crippen LogP contribution is 2.17. The fourth-order valence-electron chi connectivity index (χ4n) is 1.65. The normalized spacial score (nSPS) is 16.7. The predicted molar refractivity (Wildman–Crippen MR) is 65.8 cm³/mol. The van der Waals surface area contributed by atoms with Crippen molar-refractivity contribution >= 4 is 40.4 Å². The lowest BCUT2D eigenvalue weighted by atomic mass is 10.4. The van der Waals surface area contributed by atoms with Crippen molar-refractivity contribution in [3.8, 4) is 0 Å². The van der Waals surface area contributed by atoms with Crippen LogP contribution in [0.5, 0.6) is 0 Å². The average Bonchev–Trinajstić information content (AvgIpc) is 2.60. The van der Waals surface area contributed by atoms with Crippen LogP contribution in [-0.2, 0) is 9.53 Å². The van der Waals surface area contributed by atoms with Gasteiger partial charge in [0, 0.05) is 13.1 Å². The number of carbonyl (C=O) groups is 1. The summed E-state index contributed by atoms with van der Waals surface area (Å²) >= 11 is 10.2. The van der Waals surface area contributed by atoms with Gasteiger partial charge in [-0.3, -0.25) is 0 Å². The topological polar surface area (TPSA) is 32.8 Å². The molecule has 0 unspecified atom stereocenters. The Kier molecular flexibility index (Phi) is 3.98. The number of hydrogen-bond donors (Lipinski definition) is 0. The number of ether oxygens (including phenoxy) is 1. The lowest BCUT2D eigenvalue weighted by Gasteiger charge is -2.28. The molecule has 0 aliphatic carbocycles. The summed E-state index contributed by atoms with van der Waals surface area (Å²) in [5.74, 6) is -0.319. The molecule has 0 aromatic heterocycles. The SMILES string of the molecule is COC(=O)C1N(C(C)=S)CCN1C(C)=S. The quantitative estimate of drug-likeness (QED) is 0.503. The number of hydrogen-bond acceptors (Lipinski definition) is 4. The Morgan fingerprint density at radius 3 is 1.87 bits per heavy atom. The first kappa shape index (κ1) is 12.3. The Hall–Kier alpha value is -0.750. The van der Waals surface area contributed by atoms with Crippen LogP contribution >= 0.6 is 24.4 Å². The molecule has 1 fully saturated rings. The molecule has 0 saturated carbocycles. The lowest BCUT2D eigenvalue weighted by Crippen LogP contribution is -2.48. The molecule has 0 aromatic carbocycles. The van der Waals surface area contributed by atoms with Gasteiger partial charge in [0.25, 0.3) is 0 Å². The van der Waals surface area contributed by atoms with Gasteiger partial charge in [0.05, 0.1) is 17.1 Å². The molecule has 0 aromatic rings. The van der Waals surface area contributed by atoms with Crippen LogP contribution in [0.15, 0.2) is 0 Å². The summed E-state index contributed by atoms with van der Waals surface area (Å²) in [6, 6.07) is 0. The number of nitrogens with zero attached hydrogens (tertiary/aromatic N) is 2. The number of thiocarbonyl (C=S) groups is 2. The second kappa shape index (κ2) is 4.85. The molecular formula is C9H14N2O2S2. The van der Waals surface area contributed by atoms with Crippen LogP contribution in [-0.4, -0.2) is 52.1 Å². The maximum atomic E-state index is 11.6. The fraction of sp³-hybridized carbons (Fsp3) is 0.667. The van der Waals surface area contributed by atoms with Crippen molar-refractivity contribution in [3.63, 3.8) is 0 Å². The van der Waals surface area contributed by atoms with Crippen LogP contribution in [0.25, 0.3) is 0 Å². The molecule has 1 rings (SSSR count). The molecule has 1 aliphatic rings. The first-order chi connectivity index (χ1) is 6.99. The summed E-state index contributed by atoms with van der Waals surface area (Å²) in [7, 11) is 1.37. The standard InChI is InChI=1S/C9H14N2O2S2/c1-6(14)10-4-5-11(7(2)15)8(10)9(12)13-3/h8H,4-5H2,1-3H3. The van der Waals surface area contributed by atoms with Crippen molar-refractivity contribution in [1.29, 1.82) is 0 Å². The molecule has 0 N–H and O–H groups in total. The Bertz CT molecular complexity index is 284. The minimum Gasteiger partial charge on any atom is -0.466 e. The van der Waals surface area contributed by atoms with E-state index in [0.717, 1.165) is 0 Å². The van der Waals surface area contributed by atoms with E-state index in [-0.39, 0.29) is 5.97 Å². The van der Waals surface area contributed by atoms with Gasteiger partial charge in [-0.2, -0.15) is 0 Å². The maximum Gasteiger partial charge on any atom is 0.349 e. The van der Waals surface area contributed by atoms with Crippen molar-refractivity contribution in [2.45, 2.75) is 20.0 Å². The molecule has 4 nitrogen and oxygen atoms in total. The van der Waals surface area contributed by atoms with Crippen molar-refractivity contribution in [2.24, 2.45) is 0 Å². The summed E-state index contributed by atoms with van der Waals surface area (Å²) in [6.07, 6.45) is -0.481. The Balaban J connectivity index is 2.92. The van der Waals surface area contributed by atoms with Crippen molar-refractivity contribution in [3.05, 3.63) is 0 Å². The molecule has 0 amide bonds. The molecule has 0 atom stereocenters. The summed E-state index contributed by atoms with van der Waals surface area (Å²) in [5.41, 5.74) is 0. The zero-order valence-corrected chi connectivity index (χ0v) is 10.7. The van der Waals surface area contributed by atoms with Gasteiger partial charge in [-0.25, -0.2) is 4.79 Å². The monoisotopic (exact) mass is 246 g/mol. The van der Waals surface area contributed by atoms with Gasteiger partial charge in [-0.15, -0.1) is 0 Å². The largest absolute Gasteiger partial charge is 0.466 e. The number of methoxy groups -OCH3 is 1. The zero-order chi connectivity index (χ0) is 11.6. The van der Waals surface area contributed by atoms with E-state index in [9.17, 15) is 4.79 Å². The van der Waals surface area contributed by atoms with E-state index in [1.165, 1.54) is 7.11 Å². The Morgan fingerprint density at radius 2 is 1.60 bits per heavy atom. The van der Waals surface area contributed by atoms with Gasteiger partial charge < -0.3 is 14.5 Å². The molecule has 1 heterocycles. The summed E-state index contributed by atoms with van der Waals surface area (Å²) in [4.78, 5) is 16.6. The number of carbonyl (C=O) groups excluding carboxylic acids is 1. The highest BCUT2D eigenvalue weighted by molar-refractivity contribution is 7.80. The third-order valence-electron chi connectivity index (χ3n) is 2.39. The van der Waals surface area contributed by atoms with Crippen LogP contribution in [0, 0.1) is 0 Å². The van der Waals surface area contributed by atoms with E-state index in [2.05, 4.69) is 0 Å². The smallest absolute Gasteiger partial charge is 0.349 e. The van der Waals surface area contributed by atoms with Gasteiger partial charge in [-0.1, -0.05) is 24.4 Å². The van der Waals surface area contributed by atoms with Crippen molar-refractivity contribution in [1.82, 2.24) is 9.80 Å². The van der Waals surface area contributed by atoms with Crippen LogP contribution in [0.4, 0.5) is 0 Å². The fourth-order valence-corrected chi connectivity index (χ4v) is 2.03. The molecule has 84 valence electrons. The van der Waals surface area contributed by atoms with Gasteiger partial charge in [0.15, 0.2) is 0 Å². The number of rotatable bonds is 1. The minimum absolute atomic E-state index is 0.319. The average molecular weight is 246 g/mol. The van der Waals surface area contributed by atoms with Crippen LogP contribution < -0.4 is 0 Å². The molecule has 0 bridgehead atoms. The first-order valence-electron chi connectivity index (χ1n) is 4.61. The third kappa shape index (κ3) is 2.43. The van der Waals surface area contributed by atoms with Gasteiger partial charge in [0.2, 0.25) is 6.17 Å². The van der Waals surface area contributed by atoms with Gasteiger partial charge >= 0.3 is 5.97 Å². The summed E-state index contributed by atoms with van der Waals surface area (Å²) in [5, 5.41) is 0. The summed E-state index contributed by atoms with van der Waals surface area (Å²) < 4.78 is 4.75. The number of esters is 1. The van der Waals surface area contributed by atoms with Crippen LogP contribution in [0.2, 0.25) is 0 Å². The molecule has 6 heteroatoms. The van der Waals surface area contributed by atoms with E-state index in [1.807, 2.05) is 9.80 Å². The minimum atomic E-state index is -0.481. The molecule has 1 saturated heterocycles. The predicted octanol–water partition coefficient (Wildman–Crippen LogP) is 0.798. The van der Waals surface area contributed by atoms with E-state index >= 15 is 0 Å². The van der Waals surface area contributed by atoms with E-state index in [4.69, 9.17) is 29.2 Å². The van der Waals surface area contributed by atoms with Crippen molar-refractivity contribution < 1.29 is 9.53 Å². The first-order valence-corrected chi connectivity index (χ1v) is 5.43. The van der Waals surface area contributed by atoms with E-state index in [1.54, 1.807) is 13.8 Å². The van der Waals surface area contributed by atoms with Crippen molar-refractivity contribution in [2.75, 3.05) is 20.2 Å².